The maximum absolute atomic E-state index is 7.18. The Morgan fingerprint density at radius 2 is 3.43 bits per heavy atom. The van der Waals surface area contributed by atoms with Crippen molar-refractivity contribution in [3.63, 3.8) is 0 Å². The molecule has 0 aromatic rings. The maximum atomic E-state index is 7.18. The van der Waals surface area contributed by atoms with Gasteiger partial charge in [0.05, 0.1) is 15.6 Å². The molecule has 1 heterocycles. The van der Waals surface area contributed by atoms with Gasteiger partial charge in [0.15, 0.2) is 1.41 Å². The Labute approximate surface area is 48.1 Å². The molecule has 0 aliphatic carbocycles. The van der Waals surface area contributed by atoms with Crippen LogP contribution in [0.15, 0.2) is 4.99 Å². The zero-order valence-electron chi connectivity index (χ0n) is 7.88. The van der Waals surface area contributed by atoms with E-state index in [4.69, 9.17) is 5.52 Å². The Morgan fingerprint density at radius 3 is 3.71 bits per heavy atom. The Kier molecular flexibility index (Phi) is 0.481. The molecular weight excluding hydrogens is 92.1 g/mol. The summed E-state index contributed by atoms with van der Waals surface area (Å²) in [5, 5.41) is 0.597. The highest BCUT2D eigenvalue weighted by atomic mass is 16.5. The van der Waals surface area contributed by atoms with E-state index >= 15 is 0 Å². The van der Waals surface area contributed by atoms with E-state index < -0.39 is 19.0 Å². The second kappa shape index (κ2) is 1.93. The lowest BCUT2D eigenvalue weighted by Gasteiger charge is -2.03. The molecule has 3 nitrogen and oxygen atoms in total. The molecule has 7 heavy (non-hydrogen) atoms. The van der Waals surface area contributed by atoms with Crippen LogP contribution in [0, 0.1) is 0 Å². The van der Waals surface area contributed by atoms with Gasteiger partial charge in [0.2, 0.25) is 0 Å². The summed E-state index contributed by atoms with van der Waals surface area (Å²) in [6.45, 7) is -1.98. The highest BCUT2D eigenvalue weighted by molar-refractivity contribution is 5.56. The third-order valence-corrected chi connectivity index (χ3v) is 0.623. The second-order valence-electron chi connectivity index (χ2n) is 1.06. The van der Waals surface area contributed by atoms with Crippen molar-refractivity contribution in [2.24, 2.45) is 4.99 Å². The average molecular weight is 104 g/mol. The van der Waals surface area contributed by atoms with Crippen molar-refractivity contribution in [1.29, 1.82) is 0 Å². The lowest BCUT2D eigenvalue weighted by atomic mass is 10.6. The van der Waals surface area contributed by atoms with Crippen LogP contribution in [0.5, 0.6) is 0 Å². The van der Waals surface area contributed by atoms with Gasteiger partial charge in [-0.05, 0) is 0 Å². The number of hydrogen-bond acceptors (Lipinski definition) is 3. The van der Waals surface area contributed by atoms with Gasteiger partial charge in [0.1, 0.15) is 7.60 Å². The number of hydrogen-bond donors (Lipinski definition) is 1. The van der Waals surface area contributed by atoms with Gasteiger partial charge in [-0.25, -0.2) is 0 Å². The number of aliphatic imine (C=N–C) groups is 1. The van der Waals surface area contributed by atoms with Crippen LogP contribution in [0.2, 0.25) is 1.41 Å². The third kappa shape index (κ3) is 0.899. The molecule has 0 saturated heterocycles. The van der Waals surface area contributed by atoms with Crippen LogP contribution >= 0.6 is 0 Å². The van der Waals surface area contributed by atoms with Crippen LogP contribution in [0.4, 0.5) is 0 Å². The van der Waals surface area contributed by atoms with E-state index in [1.807, 2.05) is 0 Å². The number of rotatable bonds is 1. The third-order valence-electron chi connectivity index (χ3n) is 0.623. The molecule has 1 aliphatic rings. The van der Waals surface area contributed by atoms with Gasteiger partial charge in [-0.3, -0.25) is 4.99 Å². The van der Waals surface area contributed by atoms with E-state index in [2.05, 4.69) is 9.73 Å². The highest BCUT2D eigenvalue weighted by Crippen LogP contribution is 1.88. The molecule has 1 atom stereocenters. The largest absolute Gasteiger partial charge is 0.360 e. The van der Waals surface area contributed by atoms with E-state index in [-0.39, 0.29) is 0 Å². The fraction of sp³-hybridized carbons (Fsp3) is 0.750. The van der Waals surface area contributed by atoms with Crippen LogP contribution in [-0.4, -0.2) is 26.1 Å². The minimum atomic E-state index is -1.98. The first-order chi connectivity index (χ1) is 4.99. The molecule has 1 N–H and O–H groups in total. The van der Waals surface area contributed by atoms with Crippen LogP contribution in [0.1, 0.15) is 4.11 Å². The Morgan fingerprint density at radius 1 is 2.57 bits per heavy atom. The second-order valence-corrected chi connectivity index (χ2v) is 1.06. The van der Waals surface area contributed by atoms with Crippen LogP contribution in [0.3, 0.4) is 0 Å². The number of ether oxygens (including phenoxy) is 1. The Hall–Kier alpha value is -0.570. The minimum Gasteiger partial charge on any atom is -0.360 e. The summed E-state index contributed by atoms with van der Waals surface area (Å²) in [6.07, 6.45) is -1.52. The summed E-state index contributed by atoms with van der Waals surface area (Å²) in [7, 11) is 1.28. The van der Waals surface area contributed by atoms with Crippen molar-refractivity contribution in [2.45, 2.75) is 6.23 Å². The summed E-state index contributed by atoms with van der Waals surface area (Å²) < 4.78 is 33.1. The molecule has 0 spiro atoms. The van der Waals surface area contributed by atoms with Crippen molar-refractivity contribution in [3.05, 3.63) is 0 Å². The van der Waals surface area contributed by atoms with Crippen molar-refractivity contribution in [1.82, 2.24) is 5.31 Å². The van der Waals surface area contributed by atoms with E-state index in [0.717, 1.165) is 0 Å². The summed E-state index contributed by atoms with van der Waals surface area (Å²) in [5.41, 5.74) is 0. The standard InChI is InChI=1S/C4H8N2O/c1-7-4-2-5-3-6-4/h3-4H,2H2,1H3,(H,5,6)/i2D2,3D/hD. The number of nitrogens with zero attached hydrogens (tertiary/aromatic N) is 1. The quantitative estimate of drug-likeness (QED) is 0.490. The van der Waals surface area contributed by atoms with Gasteiger partial charge in [-0.1, -0.05) is 0 Å². The van der Waals surface area contributed by atoms with Crippen molar-refractivity contribution in [3.8, 4) is 0 Å². The molecular formula is C4H8N2O. The normalized spacial score (nSPS) is 46.1. The Balaban J connectivity index is 2.85. The molecule has 40 valence electrons. The fourth-order valence-electron chi connectivity index (χ4n) is 0.300. The molecule has 0 amide bonds. The lowest BCUT2D eigenvalue weighted by molar-refractivity contribution is 0.106. The van der Waals surface area contributed by atoms with Gasteiger partial charge in [-0.15, -0.1) is 0 Å². The first kappa shape index (κ1) is 1.74. The lowest BCUT2D eigenvalue weighted by Crippen LogP contribution is -2.25. The molecule has 0 aromatic heterocycles. The van der Waals surface area contributed by atoms with Crippen LogP contribution < -0.4 is 5.31 Å². The molecule has 1 unspecified atom stereocenters. The molecule has 0 bridgehead atoms. The van der Waals surface area contributed by atoms with E-state index in [9.17, 15) is 0 Å². The number of nitrogens with one attached hydrogen (secondary N) is 1. The predicted octanol–water partition coefficient (Wildman–Crippen LogP) is -0.410. The summed E-state index contributed by atoms with van der Waals surface area (Å²) in [6, 6.07) is 0. The molecule has 0 fully saturated rings. The van der Waals surface area contributed by atoms with Gasteiger partial charge < -0.3 is 10.0 Å². The van der Waals surface area contributed by atoms with Gasteiger partial charge in [0.25, 0.3) is 0 Å². The zero-order chi connectivity index (χ0) is 8.65. The summed E-state index contributed by atoms with van der Waals surface area (Å²) >= 11 is 0. The summed E-state index contributed by atoms with van der Waals surface area (Å²) in [4.78, 5) is 3.28. The minimum absolute atomic E-state index is 0.415. The molecule has 1 rings (SSSR count). The number of methoxy groups -OCH3 is 1. The molecule has 3 heteroatoms. The number of amidine groups is 1. The van der Waals surface area contributed by atoms with E-state index in [1.54, 1.807) is 0 Å². The molecule has 0 aromatic carbocycles. The Bertz CT molecular complexity index is 195. The molecule has 0 radical (unpaired) electrons. The first-order valence-electron chi connectivity index (χ1n) is 3.81. The van der Waals surface area contributed by atoms with Crippen molar-refractivity contribution < 1.29 is 10.3 Å². The van der Waals surface area contributed by atoms with E-state index in [1.165, 1.54) is 7.11 Å². The average Bonchev–Trinajstić information content (AvgIpc) is 2.03. The van der Waals surface area contributed by atoms with Gasteiger partial charge in [-0.2, -0.15) is 0 Å². The smallest absolute Gasteiger partial charge is 0.164 e. The fourth-order valence-corrected chi connectivity index (χ4v) is 0.300. The zero-order valence-corrected chi connectivity index (χ0v) is 3.88. The first-order valence-corrected chi connectivity index (χ1v) is 1.86. The molecule has 0 saturated carbocycles. The highest BCUT2D eigenvalue weighted by Gasteiger charge is 2.05. The van der Waals surface area contributed by atoms with Crippen molar-refractivity contribution >= 4 is 6.31 Å². The maximum Gasteiger partial charge on any atom is 0.164 e. The predicted molar refractivity (Wildman–Crippen MR) is 27.3 cm³/mol. The monoisotopic (exact) mass is 104 g/mol. The topological polar surface area (TPSA) is 33.6 Å². The SMILES string of the molecule is [2H]C1=NC([2H])([2H])C(OC)N1[2H]. The van der Waals surface area contributed by atoms with Gasteiger partial charge >= 0.3 is 0 Å². The molecule has 1 aliphatic heterocycles. The van der Waals surface area contributed by atoms with E-state index in [0.29, 0.717) is 5.31 Å². The van der Waals surface area contributed by atoms with Crippen LogP contribution in [-0.2, 0) is 4.74 Å². The van der Waals surface area contributed by atoms with Gasteiger partial charge in [0, 0.05) is 7.11 Å². The van der Waals surface area contributed by atoms with Crippen LogP contribution in [0.25, 0.3) is 0 Å². The summed E-state index contributed by atoms with van der Waals surface area (Å²) in [5.74, 6) is 0. The van der Waals surface area contributed by atoms with Crippen molar-refractivity contribution in [2.75, 3.05) is 13.6 Å².